The molecule has 0 aliphatic heterocycles. The summed E-state index contributed by atoms with van der Waals surface area (Å²) in [7, 11) is 0. The maximum atomic E-state index is 11.5. The molecule has 0 bridgehead atoms. The lowest BCUT2D eigenvalue weighted by molar-refractivity contribution is -0.121. The highest BCUT2D eigenvalue weighted by molar-refractivity contribution is 5.75. The van der Waals surface area contributed by atoms with E-state index in [0.717, 1.165) is 32.2 Å². The number of carbonyl (C=O) groups is 1. The first-order chi connectivity index (χ1) is 7.08. The molecule has 0 spiro atoms. The molecule has 0 aromatic heterocycles. The molecular formula is C12H23NO2. The van der Waals surface area contributed by atoms with Gasteiger partial charge in [-0.05, 0) is 37.0 Å². The van der Waals surface area contributed by atoms with E-state index in [4.69, 9.17) is 5.11 Å². The normalized spacial score (nSPS) is 17.9. The third-order valence-electron chi connectivity index (χ3n) is 3.21. The molecule has 0 radical (unpaired) electrons. The Bertz CT molecular complexity index is 210. The number of nitrogens with one attached hydrogen (secondary N) is 1. The van der Waals surface area contributed by atoms with E-state index in [-0.39, 0.29) is 17.9 Å². The molecule has 1 amide bonds. The summed E-state index contributed by atoms with van der Waals surface area (Å²) in [6, 6.07) is 0. The van der Waals surface area contributed by atoms with E-state index in [0.29, 0.717) is 12.3 Å². The van der Waals surface area contributed by atoms with E-state index in [9.17, 15) is 4.79 Å². The van der Waals surface area contributed by atoms with Gasteiger partial charge < -0.3 is 10.4 Å². The second kappa shape index (κ2) is 5.50. The Labute approximate surface area is 92.3 Å². The SMILES string of the molecule is CC(C)CCC(=O)NCC1(CCO)CC1. The van der Waals surface area contributed by atoms with E-state index in [1.165, 1.54) is 0 Å². The van der Waals surface area contributed by atoms with Crippen LogP contribution in [0.4, 0.5) is 0 Å². The van der Waals surface area contributed by atoms with Crippen molar-refractivity contribution in [2.24, 2.45) is 11.3 Å². The largest absolute Gasteiger partial charge is 0.396 e. The number of aliphatic hydroxyl groups is 1. The van der Waals surface area contributed by atoms with Gasteiger partial charge in [0.2, 0.25) is 5.91 Å². The third-order valence-corrected chi connectivity index (χ3v) is 3.21. The summed E-state index contributed by atoms with van der Waals surface area (Å²) in [5.74, 6) is 0.746. The van der Waals surface area contributed by atoms with E-state index < -0.39 is 0 Å². The molecule has 1 fully saturated rings. The monoisotopic (exact) mass is 213 g/mol. The molecule has 2 N–H and O–H groups in total. The first-order valence-corrected chi connectivity index (χ1v) is 5.95. The van der Waals surface area contributed by atoms with Crippen LogP contribution in [0.2, 0.25) is 0 Å². The van der Waals surface area contributed by atoms with Gasteiger partial charge in [-0.2, -0.15) is 0 Å². The summed E-state index contributed by atoms with van der Waals surface area (Å²) < 4.78 is 0. The number of hydrogen-bond acceptors (Lipinski definition) is 2. The zero-order valence-electron chi connectivity index (χ0n) is 9.88. The molecule has 0 saturated heterocycles. The minimum atomic E-state index is 0.160. The van der Waals surface area contributed by atoms with Crippen molar-refractivity contribution in [2.75, 3.05) is 13.2 Å². The zero-order chi connectivity index (χ0) is 11.3. The van der Waals surface area contributed by atoms with E-state index in [1.807, 2.05) is 0 Å². The van der Waals surface area contributed by atoms with Gasteiger partial charge in [0, 0.05) is 19.6 Å². The Balaban J connectivity index is 2.11. The highest BCUT2D eigenvalue weighted by Crippen LogP contribution is 2.47. The third kappa shape index (κ3) is 4.65. The Morgan fingerprint density at radius 1 is 1.47 bits per heavy atom. The van der Waals surface area contributed by atoms with Crippen LogP contribution in [0.5, 0.6) is 0 Å². The predicted molar refractivity (Wildman–Crippen MR) is 60.5 cm³/mol. The molecule has 0 atom stereocenters. The fourth-order valence-electron chi connectivity index (χ4n) is 1.72. The van der Waals surface area contributed by atoms with Crippen LogP contribution in [-0.4, -0.2) is 24.2 Å². The van der Waals surface area contributed by atoms with Crippen molar-refractivity contribution in [1.29, 1.82) is 0 Å². The predicted octanol–water partition coefficient (Wildman–Crippen LogP) is 1.70. The Kier molecular flexibility index (Phi) is 4.58. The van der Waals surface area contributed by atoms with Gasteiger partial charge in [0.05, 0.1) is 0 Å². The van der Waals surface area contributed by atoms with Crippen LogP contribution in [-0.2, 0) is 4.79 Å². The molecule has 0 aromatic carbocycles. The lowest BCUT2D eigenvalue weighted by atomic mass is 10.0. The van der Waals surface area contributed by atoms with Gasteiger partial charge in [-0.3, -0.25) is 4.79 Å². The highest BCUT2D eigenvalue weighted by atomic mass is 16.3. The molecule has 0 heterocycles. The molecule has 1 rings (SSSR count). The molecule has 0 aromatic rings. The van der Waals surface area contributed by atoms with Crippen molar-refractivity contribution in [3.63, 3.8) is 0 Å². The molecule has 88 valence electrons. The summed E-state index contributed by atoms with van der Waals surface area (Å²) in [5.41, 5.74) is 0.238. The molecule has 1 saturated carbocycles. The summed E-state index contributed by atoms with van der Waals surface area (Å²) >= 11 is 0. The fourth-order valence-corrected chi connectivity index (χ4v) is 1.72. The topological polar surface area (TPSA) is 49.3 Å². The minimum Gasteiger partial charge on any atom is -0.396 e. The number of rotatable bonds is 7. The quantitative estimate of drug-likeness (QED) is 0.676. The van der Waals surface area contributed by atoms with Gasteiger partial charge in [-0.25, -0.2) is 0 Å². The van der Waals surface area contributed by atoms with Gasteiger partial charge >= 0.3 is 0 Å². The van der Waals surface area contributed by atoms with Crippen molar-refractivity contribution in [3.05, 3.63) is 0 Å². The lowest BCUT2D eigenvalue weighted by Crippen LogP contribution is -2.30. The van der Waals surface area contributed by atoms with Crippen LogP contribution < -0.4 is 5.32 Å². The van der Waals surface area contributed by atoms with Crippen molar-refractivity contribution >= 4 is 5.91 Å². The Morgan fingerprint density at radius 3 is 2.60 bits per heavy atom. The Hall–Kier alpha value is -0.570. The van der Waals surface area contributed by atoms with Gasteiger partial charge in [0.25, 0.3) is 0 Å². The van der Waals surface area contributed by atoms with Crippen molar-refractivity contribution in [1.82, 2.24) is 5.32 Å². The number of aliphatic hydroxyl groups excluding tert-OH is 1. The molecule has 1 aliphatic rings. The Morgan fingerprint density at radius 2 is 2.13 bits per heavy atom. The number of amides is 1. The van der Waals surface area contributed by atoms with Crippen LogP contribution in [0.1, 0.15) is 46.0 Å². The van der Waals surface area contributed by atoms with Crippen LogP contribution in [0.15, 0.2) is 0 Å². The van der Waals surface area contributed by atoms with Gasteiger partial charge in [0.1, 0.15) is 0 Å². The van der Waals surface area contributed by atoms with Gasteiger partial charge in [0.15, 0.2) is 0 Å². The van der Waals surface area contributed by atoms with Crippen molar-refractivity contribution in [2.45, 2.75) is 46.0 Å². The minimum absolute atomic E-state index is 0.160. The van der Waals surface area contributed by atoms with Gasteiger partial charge in [-0.1, -0.05) is 13.8 Å². The molecular weight excluding hydrogens is 190 g/mol. The van der Waals surface area contributed by atoms with Crippen LogP contribution >= 0.6 is 0 Å². The zero-order valence-corrected chi connectivity index (χ0v) is 9.88. The second-order valence-corrected chi connectivity index (χ2v) is 5.18. The maximum absolute atomic E-state index is 11.5. The molecule has 15 heavy (non-hydrogen) atoms. The van der Waals surface area contributed by atoms with Crippen LogP contribution in [0.25, 0.3) is 0 Å². The standard InChI is InChI=1S/C12H23NO2/c1-10(2)3-4-11(15)13-9-12(5-6-12)7-8-14/h10,14H,3-9H2,1-2H3,(H,13,15). The summed E-state index contributed by atoms with van der Waals surface area (Å²) in [4.78, 5) is 11.5. The number of hydrogen-bond donors (Lipinski definition) is 2. The summed E-state index contributed by atoms with van der Waals surface area (Å²) in [6.45, 7) is 5.25. The molecule has 3 nitrogen and oxygen atoms in total. The first-order valence-electron chi connectivity index (χ1n) is 5.95. The van der Waals surface area contributed by atoms with Gasteiger partial charge in [-0.15, -0.1) is 0 Å². The number of carbonyl (C=O) groups excluding carboxylic acids is 1. The van der Waals surface area contributed by atoms with E-state index in [1.54, 1.807) is 0 Å². The molecule has 0 unspecified atom stereocenters. The first kappa shape index (κ1) is 12.5. The van der Waals surface area contributed by atoms with Crippen LogP contribution in [0.3, 0.4) is 0 Å². The lowest BCUT2D eigenvalue weighted by Gasteiger charge is -2.14. The second-order valence-electron chi connectivity index (χ2n) is 5.18. The smallest absolute Gasteiger partial charge is 0.220 e. The van der Waals surface area contributed by atoms with E-state index in [2.05, 4.69) is 19.2 Å². The highest BCUT2D eigenvalue weighted by Gasteiger charge is 2.41. The molecule has 3 heteroatoms. The molecule has 1 aliphatic carbocycles. The maximum Gasteiger partial charge on any atom is 0.220 e. The van der Waals surface area contributed by atoms with Crippen molar-refractivity contribution in [3.8, 4) is 0 Å². The summed E-state index contributed by atoms with van der Waals surface area (Å²) in [5, 5.41) is 11.8. The van der Waals surface area contributed by atoms with Crippen molar-refractivity contribution < 1.29 is 9.90 Å². The fraction of sp³-hybridized carbons (Fsp3) is 0.917. The average Bonchev–Trinajstić information content (AvgIpc) is 2.93. The van der Waals surface area contributed by atoms with Crippen LogP contribution in [0, 0.1) is 11.3 Å². The van der Waals surface area contributed by atoms with E-state index >= 15 is 0 Å². The average molecular weight is 213 g/mol. The summed E-state index contributed by atoms with van der Waals surface area (Å²) in [6.07, 6.45) is 4.72.